The van der Waals surface area contributed by atoms with Crippen LogP contribution < -0.4 is 5.32 Å². The van der Waals surface area contributed by atoms with Gasteiger partial charge >= 0.3 is 0 Å². The maximum Gasteiger partial charge on any atom is 0.140 e. The lowest BCUT2D eigenvalue weighted by Crippen LogP contribution is -2.13. The number of rotatable bonds is 4. The van der Waals surface area contributed by atoms with Gasteiger partial charge < -0.3 is 9.88 Å². The van der Waals surface area contributed by atoms with E-state index < -0.39 is 0 Å². The molecule has 0 aliphatic carbocycles. The van der Waals surface area contributed by atoms with Gasteiger partial charge in [-0.05, 0) is 27.0 Å². The molecule has 18 heavy (non-hydrogen) atoms. The lowest BCUT2D eigenvalue weighted by Gasteiger charge is -2.07. The van der Waals surface area contributed by atoms with Gasteiger partial charge in [-0.2, -0.15) is 0 Å². The molecule has 1 N–H and O–H groups in total. The van der Waals surface area contributed by atoms with E-state index in [9.17, 15) is 0 Å². The van der Waals surface area contributed by atoms with E-state index in [1.807, 2.05) is 7.05 Å². The van der Waals surface area contributed by atoms with Crippen LogP contribution in [0.3, 0.4) is 0 Å². The lowest BCUT2D eigenvalue weighted by molar-refractivity contribution is 0.736. The zero-order valence-corrected chi connectivity index (χ0v) is 11.6. The Bertz CT molecular complexity index is 541. The Morgan fingerprint density at radius 2 is 2.06 bits per heavy atom. The zero-order chi connectivity index (χ0) is 13.1. The van der Waals surface area contributed by atoms with Crippen LogP contribution in [0.4, 0.5) is 0 Å². The van der Waals surface area contributed by atoms with E-state index >= 15 is 0 Å². The third-order valence-electron chi connectivity index (χ3n) is 3.30. The highest BCUT2D eigenvalue weighted by molar-refractivity contribution is 5.58. The second-order valence-corrected chi connectivity index (χ2v) is 4.75. The van der Waals surface area contributed by atoms with Crippen molar-refractivity contribution < 1.29 is 0 Å². The smallest absolute Gasteiger partial charge is 0.140 e. The Morgan fingerprint density at radius 3 is 2.72 bits per heavy atom. The number of imidazole rings is 1. The van der Waals surface area contributed by atoms with Crippen molar-refractivity contribution in [1.29, 1.82) is 0 Å². The standard InChI is InChI=1S/C15H21N3/c1-11-6-5-7-13(10-11)15-17-12(2)14(18(15)4)8-9-16-3/h5-7,10,16H,8-9H2,1-4H3. The number of benzene rings is 1. The number of hydrogen-bond donors (Lipinski definition) is 1. The fraction of sp³-hybridized carbons (Fsp3) is 0.400. The molecule has 0 unspecified atom stereocenters. The Morgan fingerprint density at radius 1 is 1.28 bits per heavy atom. The molecule has 0 atom stereocenters. The van der Waals surface area contributed by atoms with E-state index in [0.717, 1.165) is 24.5 Å². The van der Waals surface area contributed by atoms with Gasteiger partial charge in [0, 0.05) is 31.3 Å². The number of hydrogen-bond acceptors (Lipinski definition) is 2. The fourth-order valence-corrected chi connectivity index (χ4v) is 2.30. The van der Waals surface area contributed by atoms with Gasteiger partial charge in [-0.3, -0.25) is 0 Å². The minimum atomic E-state index is 0.980. The number of aryl methyl sites for hydroxylation is 2. The molecule has 96 valence electrons. The van der Waals surface area contributed by atoms with E-state index in [4.69, 9.17) is 4.98 Å². The highest BCUT2D eigenvalue weighted by atomic mass is 15.1. The van der Waals surface area contributed by atoms with Crippen molar-refractivity contribution in [2.24, 2.45) is 7.05 Å². The zero-order valence-electron chi connectivity index (χ0n) is 11.6. The summed E-state index contributed by atoms with van der Waals surface area (Å²) >= 11 is 0. The van der Waals surface area contributed by atoms with E-state index in [2.05, 4.69) is 55.0 Å². The van der Waals surface area contributed by atoms with Crippen LogP contribution in [0.25, 0.3) is 11.4 Å². The molecular weight excluding hydrogens is 222 g/mol. The van der Waals surface area contributed by atoms with Gasteiger partial charge in [0.05, 0.1) is 5.69 Å². The predicted octanol–water partition coefficient (Wildman–Crippen LogP) is 2.47. The molecule has 3 heteroatoms. The highest BCUT2D eigenvalue weighted by Gasteiger charge is 2.12. The number of likely N-dealkylation sites (N-methyl/N-ethyl adjacent to an activating group) is 1. The van der Waals surface area contributed by atoms with Crippen LogP contribution in [0.1, 0.15) is 17.0 Å². The Labute approximate surface area is 109 Å². The fourth-order valence-electron chi connectivity index (χ4n) is 2.30. The van der Waals surface area contributed by atoms with Crippen molar-refractivity contribution >= 4 is 0 Å². The van der Waals surface area contributed by atoms with Crippen LogP contribution in [0.15, 0.2) is 24.3 Å². The van der Waals surface area contributed by atoms with Crippen molar-refractivity contribution in [2.75, 3.05) is 13.6 Å². The lowest BCUT2D eigenvalue weighted by atomic mass is 10.1. The van der Waals surface area contributed by atoms with Crippen LogP contribution >= 0.6 is 0 Å². The number of nitrogens with zero attached hydrogens (tertiary/aromatic N) is 2. The summed E-state index contributed by atoms with van der Waals surface area (Å²) in [6, 6.07) is 8.50. The van der Waals surface area contributed by atoms with Crippen molar-refractivity contribution in [3.8, 4) is 11.4 Å². The monoisotopic (exact) mass is 243 g/mol. The average Bonchev–Trinajstić information content (AvgIpc) is 2.63. The molecule has 0 aliphatic heterocycles. The van der Waals surface area contributed by atoms with Gasteiger partial charge in [-0.15, -0.1) is 0 Å². The van der Waals surface area contributed by atoms with E-state index in [1.54, 1.807) is 0 Å². The Hall–Kier alpha value is -1.61. The maximum atomic E-state index is 4.71. The first-order chi connectivity index (χ1) is 8.63. The molecule has 0 spiro atoms. The van der Waals surface area contributed by atoms with Gasteiger partial charge in [0.25, 0.3) is 0 Å². The Kier molecular flexibility index (Phi) is 3.82. The summed E-state index contributed by atoms with van der Waals surface area (Å²) in [5.41, 5.74) is 4.89. The topological polar surface area (TPSA) is 29.9 Å². The molecule has 1 heterocycles. The number of nitrogens with one attached hydrogen (secondary N) is 1. The van der Waals surface area contributed by atoms with Crippen molar-refractivity contribution in [1.82, 2.24) is 14.9 Å². The molecule has 0 aliphatic rings. The quantitative estimate of drug-likeness (QED) is 0.894. The van der Waals surface area contributed by atoms with Crippen LogP contribution in [-0.2, 0) is 13.5 Å². The van der Waals surface area contributed by atoms with Gasteiger partial charge in [0.15, 0.2) is 0 Å². The first-order valence-electron chi connectivity index (χ1n) is 6.37. The largest absolute Gasteiger partial charge is 0.331 e. The molecule has 2 aromatic rings. The van der Waals surface area contributed by atoms with Gasteiger partial charge in [0.1, 0.15) is 5.82 Å². The second kappa shape index (κ2) is 5.36. The van der Waals surface area contributed by atoms with Gasteiger partial charge in [-0.25, -0.2) is 4.98 Å². The van der Waals surface area contributed by atoms with Crippen LogP contribution in [-0.4, -0.2) is 23.1 Å². The summed E-state index contributed by atoms with van der Waals surface area (Å²) in [6.07, 6.45) is 1.01. The van der Waals surface area contributed by atoms with Crippen LogP contribution in [0, 0.1) is 13.8 Å². The van der Waals surface area contributed by atoms with E-state index in [0.29, 0.717) is 0 Å². The average molecular weight is 243 g/mol. The third kappa shape index (κ3) is 2.46. The molecule has 0 saturated heterocycles. The van der Waals surface area contributed by atoms with Crippen molar-refractivity contribution in [3.63, 3.8) is 0 Å². The summed E-state index contributed by atoms with van der Waals surface area (Å²) in [6.45, 7) is 5.18. The molecule has 0 radical (unpaired) electrons. The highest BCUT2D eigenvalue weighted by Crippen LogP contribution is 2.22. The normalized spacial score (nSPS) is 10.9. The molecule has 0 saturated carbocycles. The minimum Gasteiger partial charge on any atom is -0.331 e. The molecule has 2 rings (SSSR count). The summed E-state index contributed by atoms with van der Waals surface area (Å²) in [5, 5.41) is 3.19. The third-order valence-corrected chi connectivity index (χ3v) is 3.30. The van der Waals surface area contributed by atoms with Crippen molar-refractivity contribution in [3.05, 3.63) is 41.2 Å². The molecule has 0 amide bonds. The predicted molar refractivity (Wildman–Crippen MR) is 75.7 cm³/mol. The first kappa shape index (κ1) is 12.8. The van der Waals surface area contributed by atoms with E-state index in [1.165, 1.54) is 16.8 Å². The molecular formula is C15H21N3. The van der Waals surface area contributed by atoms with Crippen LogP contribution in [0.5, 0.6) is 0 Å². The molecule has 0 bridgehead atoms. The SMILES string of the molecule is CNCCc1c(C)nc(-c2cccc(C)c2)n1C. The molecule has 0 fully saturated rings. The summed E-state index contributed by atoms with van der Waals surface area (Å²) < 4.78 is 2.21. The van der Waals surface area contributed by atoms with Gasteiger partial charge in [0.2, 0.25) is 0 Å². The summed E-state index contributed by atoms with van der Waals surface area (Å²) in [5.74, 6) is 1.06. The summed E-state index contributed by atoms with van der Waals surface area (Å²) in [4.78, 5) is 4.71. The van der Waals surface area contributed by atoms with E-state index in [-0.39, 0.29) is 0 Å². The van der Waals surface area contributed by atoms with Gasteiger partial charge in [-0.1, -0.05) is 23.8 Å². The second-order valence-electron chi connectivity index (χ2n) is 4.75. The van der Waals surface area contributed by atoms with Crippen LogP contribution in [0.2, 0.25) is 0 Å². The molecule has 1 aromatic heterocycles. The Balaban J connectivity index is 2.40. The minimum absolute atomic E-state index is 0.980. The maximum absolute atomic E-state index is 4.71. The summed E-state index contributed by atoms with van der Waals surface area (Å²) in [7, 11) is 4.08. The first-order valence-corrected chi connectivity index (χ1v) is 6.37. The van der Waals surface area contributed by atoms with Crippen molar-refractivity contribution in [2.45, 2.75) is 20.3 Å². The molecule has 1 aromatic carbocycles. The number of aromatic nitrogens is 2. The molecule has 3 nitrogen and oxygen atoms in total.